The molecule has 2 heteroatoms. The molecule has 0 aliphatic heterocycles. The Hall–Kier alpha value is -1.31. The van der Waals surface area contributed by atoms with E-state index in [1.807, 2.05) is 19.1 Å². The smallest absolute Gasteiger partial charge is 0.145 e. The summed E-state index contributed by atoms with van der Waals surface area (Å²) < 4.78 is 5.22. The summed E-state index contributed by atoms with van der Waals surface area (Å²) in [7, 11) is 0. The molecule has 0 amide bonds. The third-order valence-corrected chi connectivity index (χ3v) is 1.32. The van der Waals surface area contributed by atoms with E-state index in [1.165, 1.54) is 0 Å². The van der Waals surface area contributed by atoms with E-state index in [-0.39, 0.29) is 0 Å². The molecule has 0 spiro atoms. The van der Waals surface area contributed by atoms with E-state index in [2.05, 4.69) is 0 Å². The fourth-order valence-corrected chi connectivity index (χ4v) is 0.789. The van der Waals surface area contributed by atoms with Gasteiger partial charge >= 0.3 is 0 Å². The lowest BCUT2D eigenvalue weighted by molar-refractivity contribution is -0.104. The van der Waals surface area contributed by atoms with Gasteiger partial charge in [-0.05, 0) is 37.6 Å². The van der Waals surface area contributed by atoms with Crippen molar-refractivity contribution in [1.82, 2.24) is 0 Å². The molecule has 2 nitrogen and oxygen atoms in total. The van der Waals surface area contributed by atoms with Crippen molar-refractivity contribution in [2.45, 2.75) is 13.8 Å². The van der Waals surface area contributed by atoms with Crippen LogP contribution in [0.25, 0.3) is 6.08 Å². The standard InChI is InChI=1S/C9H10O2/c1-7(6-10)5-9-4-3-8(2)11-9/h3-6H,1-2H3/b7-5+. The third-order valence-electron chi connectivity index (χ3n) is 1.32. The first kappa shape index (κ1) is 7.79. The molecule has 11 heavy (non-hydrogen) atoms. The van der Waals surface area contributed by atoms with Crippen LogP contribution in [0.3, 0.4) is 0 Å². The van der Waals surface area contributed by atoms with Crippen LogP contribution in [0.1, 0.15) is 18.4 Å². The summed E-state index contributed by atoms with van der Waals surface area (Å²) in [5, 5.41) is 0. The largest absolute Gasteiger partial charge is 0.462 e. The van der Waals surface area contributed by atoms with Crippen LogP contribution in [0, 0.1) is 6.92 Å². The molecule has 1 rings (SSSR count). The van der Waals surface area contributed by atoms with Crippen molar-refractivity contribution in [3.63, 3.8) is 0 Å². The Kier molecular flexibility index (Phi) is 2.26. The SMILES string of the molecule is C/C(C=O)=C\c1ccc(C)o1. The molecule has 0 N–H and O–H groups in total. The van der Waals surface area contributed by atoms with Gasteiger partial charge in [0.05, 0.1) is 0 Å². The van der Waals surface area contributed by atoms with E-state index in [9.17, 15) is 4.79 Å². The van der Waals surface area contributed by atoms with Crippen molar-refractivity contribution in [1.29, 1.82) is 0 Å². The molecule has 0 saturated carbocycles. The predicted octanol–water partition coefficient (Wildman–Crippen LogP) is 2.19. The van der Waals surface area contributed by atoms with E-state index in [0.29, 0.717) is 5.57 Å². The van der Waals surface area contributed by atoms with E-state index < -0.39 is 0 Å². The monoisotopic (exact) mass is 150 g/mol. The van der Waals surface area contributed by atoms with Crippen molar-refractivity contribution in [3.05, 3.63) is 29.2 Å². The molecule has 58 valence electrons. The van der Waals surface area contributed by atoms with E-state index >= 15 is 0 Å². The highest BCUT2D eigenvalue weighted by Crippen LogP contribution is 2.09. The van der Waals surface area contributed by atoms with Crippen molar-refractivity contribution >= 4 is 12.4 Å². The summed E-state index contributed by atoms with van der Waals surface area (Å²) in [5.41, 5.74) is 0.666. The molecule has 0 aromatic carbocycles. The zero-order chi connectivity index (χ0) is 8.27. The van der Waals surface area contributed by atoms with Crippen LogP contribution >= 0.6 is 0 Å². The molecule has 0 bridgehead atoms. The number of hydrogen-bond acceptors (Lipinski definition) is 2. The molecule has 1 aromatic rings. The van der Waals surface area contributed by atoms with Crippen LogP contribution in [-0.4, -0.2) is 6.29 Å². The van der Waals surface area contributed by atoms with Gasteiger partial charge in [0.2, 0.25) is 0 Å². The van der Waals surface area contributed by atoms with Gasteiger partial charge in [-0.3, -0.25) is 4.79 Å². The summed E-state index contributed by atoms with van der Waals surface area (Å²) in [5.74, 6) is 1.59. The summed E-state index contributed by atoms with van der Waals surface area (Å²) in [4.78, 5) is 10.2. The highest BCUT2D eigenvalue weighted by Gasteiger charge is 1.93. The first-order valence-corrected chi connectivity index (χ1v) is 3.42. The van der Waals surface area contributed by atoms with Crippen LogP contribution in [0.2, 0.25) is 0 Å². The minimum Gasteiger partial charge on any atom is -0.462 e. The summed E-state index contributed by atoms with van der Waals surface area (Å²) in [6.07, 6.45) is 2.51. The highest BCUT2D eigenvalue weighted by molar-refractivity contribution is 5.79. The number of aryl methyl sites for hydroxylation is 1. The van der Waals surface area contributed by atoms with E-state index in [4.69, 9.17) is 4.42 Å². The molecule has 0 fully saturated rings. The topological polar surface area (TPSA) is 30.2 Å². The lowest BCUT2D eigenvalue weighted by atomic mass is 10.3. The van der Waals surface area contributed by atoms with Gasteiger partial charge in [-0.15, -0.1) is 0 Å². The predicted molar refractivity (Wildman–Crippen MR) is 43.2 cm³/mol. The Bertz CT molecular complexity index is 282. The van der Waals surface area contributed by atoms with Gasteiger partial charge in [-0.1, -0.05) is 0 Å². The quantitative estimate of drug-likeness (QED) is 0.478. The van der Waals surface area contributed by atoms with Crippen LogP contribution in [0.15, 0.2) is 22.1 Å². The Labute approximate surface area is 65.5 Å². The van der Waals surface area contributed by atoms with Gasteiger partial charge in [0.25, 0.3) is 0 Å². The molecular formula is C9H10O2. The molecule has 1 aromatic heterocycles. The zero-order valence-corrected chi connectivity index (χ0v) is 6.63. The number of furan rings is 1. The molecule has 0 aliphatic rings. The zero-order valence-electron chi connectivity index (χ0n) is 6.63. The lowest BCUT2D eigenvalue weighted by Gasteiger charge is -1.85. The minimum atomic E-state index is 0.666. The number of aldehydes is 1. The van der Waals surface area contributed by atoms with Crippen LogP contribution < -0.4 is 0 Å². The number of carbonyl (C=O) groups is 1. The number of carbonyl (C=O) groups excluding carboxylic acids is 1. The first-order valence-electron chi connectivity index (χ1n) is 3.42. The van der Waals surface area contributed by atoms with Gasteiger partial charge in [0.1, 0.15) is 17.8 Å². The fraction of sp³-hybridized carbons (Fsp3) is 0.222. The maximum absolute atomic E-state index is 10.2. The maximum atomic E-state index is 10.2. The molecule has 0 atom stereocenters. The van der Waals surface area contributed by atoms with Crippen molar-refractivity contribution < 1.29 is 9.21 Å². The molecule has 0 radical (unpaired) electrons. The van der Waals surface area contributed by atoms with Crippen LogP contribution in [-0.2, 0) is 4.79 Å². The van der Waals surface area contributed by atoms with Crippen LogP contribution in [0.4, 0.5) is 0 Å². The summed E-state index contributed by atoms with van der Waals surface area (Å²) in [6.45, 7) is 3.61. The van der Waals surface area contributed by atoms with E-state index in [0.717, 1.165) is 17.8 Å². The molecule has 0 saturated heterocycles. The molecule has 0 aliphatic carbocycles. The maximum Gasteiger partial charge on any atom is 0.145 e. The summed E-state index contributed by atoms with van der Waals surface area (Å²) in [6, 6.07) is 3.70. The summed E-state index contributed by atoms with van der Waals surface area (Å²) >= 11 is 0. The van der Waals surface area contributed by atoms with Gasteiger partial charge in [0.15, 0.2) is 0 Å². The number of allylic oxidation sites excluding steroid dienone is 1. The second-order valence-electron chi connectivity index (χ2n) is 2.45. The van der Waals surface area contributed by atoms with Crippen molar-refractivity contribution in [2.75, 3.05) is 0 Å². The number of hydrogen-bond donors (Lipinski definition) is 0. The lowest BCUT2D eigenvalue weighted by Crippen LogP contribution is -1.73. The average Bonchev–Trinajstić information content (AvgIpc) is 2.35. The Morgan fingerprint density at radius 3 is 2.73 bits per heavy atom. The van der Waals surface area contributed by atoms with E-state index in [1.54, 1.807) is 13.0 Å². The normalized spacial score (nSPS) is 11.6. The second-order valence-corrected chi connectivity index (χ2v) is 2.45. The first-order chi connectivity index (χ1) is 5.22. The van der Waals surface area contributed by atoms with Gasteiger partial charge in [-0.25, -0.2) is 0 Å². The van der Waals surface area contributed by atoms with Crippen LogP contribution in [0.5, 0.6) is 0 Å². The van der Waals surface area contributed by atoms with Crippen molar-refractivity contribution in [3.8, 4) is 0 Å². The van der Waals surface area contributed by atoms with Gasteiger partial charge < -0.3 is 4.42 Å². The second kappa shape index (κ2) is 3.19. The minimum absolute atomic E-state index is 0.666. The Morgan fingerprint density at radius 1 is 1.55 bits per heavy atom. The van der Waals surface area contributed by atoms with Crippen molar-refractivity contribution in [2.24, 2.45) is 0 Å². The molecule has 0 unspecified atom stereocenters. The number of rotatable bonds is 2. The molecular weight excluding hydrogens is 140 g/mol. The third kappa shape index (κ3) is 2.08. The highest BCUT2D eigenvalue weighted by atomic mass is 16.3. The Morgan fingerprint density at radius 2 is 2.27 bits per heavy atom. The van der Waals surface area contributed by atoms with Gasteiger partial charge in [-0.2, -0.15) is 0 Å². The Balaban J connectivity index is 2.86. The average molecular weight is 150 g/mol. The molecule has 1 heterocycles. The van der Waals surface area contributed by atoms with Gasteiger partial charge in [0, 0.05) is 0 Å². The fourth-order valence-electron chi connectivity index (χ4n) is 0.789.